The zero-order chi connectivity index (χ0) is 21.4. The highest BCUT2D eigenvalue weighted by molar-refractivity contribution is 8.02. The predicted molar refractivity (Wildman–Crippen MR) is 115 cm³/mol. The van der Waals surface area contributed by atoms with Crippen molar-refractivity contribution < 1.29 is 23.8 Å². The van der Waals surface area contributed by atoms with Crippen molar-refractivity contribution in [3.05, 3.63) is 0 Å². The third kappa shape index (κ3) is 4.62. The lowest BCUT2D eigenvalue weighted by Gasteiger charge is -2.40. The van der Waals surface area contributed by atoms with Gasteiger partial charge >= 0.3 is 5.97 Å². The van der Waals surface area contributed by atoms with E-state index >= 15 is 0 Å². The molecule has 1 spiro atoms. The van der Waals surface area contributed by atoms with Gasteiger partial charge in [-0.1, -0.05) is 0 Å². The van der Waals surface area contributed by atoms with Crippen molar-refractivity contribution in [3.8, 4) is 0 Å². The van der Waals surface area contributed by atoms with E-state index in [-0.39, 0.29) is 21.3 Å². The van der Waals surface area contributed by atoms with Gasteiger partial charge in [0.1, 0.15) is 6.04 Å². The van der Waals surface area contributed by atoms with Crippen LogP contribution in [0.15, 0.2) is 5.10 Å². The number of carbonyl (C=O) groups is 2. The lowest BCUT2D eigenvalue weighted by Crippen LogP contribution is -2.56. The molecular formula is C21H33N3O5S. The third-order valence-electron chi connectivity index (χ3n) is 6.11. The number of ether oxygens (including phenoxy) is 3. The Morgan fingerprint density at radius 2 is 2.00 bits per heavy atom. The summed E-state index contributed by atoms with van der Waals surface area (Å²) in [6, 6.07) is -0.433. The number of carbonyl (C=O) groups excluding carboxylic acids is 2. The first-order chi connectivity index (χ1) is 14.3. The Bertz CT molecular complexity index is 709. The van der Waals surface area contributed by atoms with E-state index < -0.39 is 12.0 Å². The Hall–Kier alpha value is -1.32. The van der Waals surface area contributed by atoms with Gasteiger partial charge in [0, 0.05) is 28.5 Å². The van der Waals surface area contributed by atoms with E-state index in [0.29, 0.717) is 51.8 Å². The molecule has 30 heavy (non-hydrogen) atoms. The zero-order valence-electron chi connectivity index (χ0n) is 18.2. The molecular weight excluding hydrogens is 406 g/mol. The van der Waals surface area contributed by atoms with Crippen molar-refractivity contribution in [1.29, 1.82) is 0 Å². The molecule has 0 radical (unpaired) electrons. The van der Waals surface area contributed by atoms with Crippen molar-refractivity contribution in [3.63, 3.8) is 0 Å². The van der Waals surface area contributed by atoms with Crippen LogP contribution >= 0.6 is 11.8 Å². The maximum absolute atomic E-state index is 13.5. The maximum Gasteiger partial charge on any atom is 0.354 e. The van der Waals surface area contributed by atoms with Gasteiger partial charge in [-0.2, -0.15) is 5.10 Å². The topological polar surface area (TPSA) is 80.7 Å². The highest BCUT2D eigenvalue weighted by Gasteiger charge is 2.53. The van der Waals surface area contributed by atoms with Crippen LogP contribution < -0.4 is 0 Å². The molecule has 0 aromatic carbocycles. The fraction of sp³-hybridized carbons (Fsp3) is 0.857. The summed E-state index contributed by atoms with van der Waals surface area (Å²) in [6.07, 6.45) is 2.98. The van der Waals surface area contributed by atoms with E-state index in [2.05, 4.69) is 18.9 Å². The fourth-order valence-corrected chi connectivity index (χ4v) is 6.49. The fourth-order valence-electron chi connectivity index (χ4n) is 4.65. The maximum atomic E-state index is 13.5. The lowest BCUT2D eigenvalue weighted by atomic mass is 9.87. The van der Waals surface area contributed by atoms with Crippen LogP contribution in [0.1, 0.15) is 40.0 Å². The average Bonchev–Trinajstić information content (AvgIpc) is 3.31. The van der Waals surface area contributed by atoms with E-state index in [1.165, 1.54) is 0 Å². The van der Waals surface area contributed by atoms with E-state index in [4.69, 9.17) is 14.2 Å². The molecule has 3 aliphatic heterocycles. The second-order valence-corrected chi connectivity index (χ2v) is 11.4. The van der Waals surface area contributed by atoms with Gasteiger partial charge in [-0.25, -0.2) is 4.79 Å². The predicted octanol–water partition coefficient (Wildman–Crippen LogP) is 1.53. The molecule has 9 heteroatoms. The molecule has 3 fully saturated rings. The summed E-state index contributed by atoms with van der Waals surface area (Å²) in [7, 11) is 0. The van der Waals surface area contributed by atoms with Crippen LogP contribution in [-0.2, 0) is 23.8 Å². The van der Waals surface area contributed by atoms with Gasteiger partial charge < -0.3 is 19.1 Å². The monoisotopic (exact) mass is 439 g/mol. The number of hydrogen-bond acceptors (Lipinski definition) is 8. The molecule has 0 aromatic rings. The highest BCUT2D eigenvalue weighted by Crippen LogP contribution is 2.54. The second kappa shape index (κ2) is 8.67. The van der Waals surface area contributed by atoms with Crippen molar-refractivity contribution in [1.82, 2.24) is 9.91 Å². The number of piperidine rings is 1. The van der Waals surface area contributed by atoms with Crippen LogP contribution in [0.25, 0.3) is 0 Å². The minimum absolute atomic E-state index is 0.0162. The Morgan fingerprint density at radius 3 is 2.73 bits per heavy atom. The third-order valence-corrected chi connectivity index (χ3v) is 7.76. The first kappa shape index (κ1) is 21.9. The molecule has 2 saturated heterocycles. The number of nitrogens with zero attached hydrogens (tertiary/aromatic N) is 3. The van der Waals surface area contributed by atoms with Gasteiger partial charge in [0.05, 0.1) is 39.6 Å². The molecule has 3 heterocycles. The standard InChI is InChI=1S/C21H33N3O5S/c1-4-29-19(26)16-15-5-8-23-13-21(6-7-21)30-20(2,3)14-28-12-11-27-10-9-24(22-16)17(15)18(23)25/h15,17H,4-14H2,1-3H3. The summed E-state index contributed by atoms with van der Waals surface area (Å²) in [4.78, 5) is 28.0. The molecule has 2 atom stereocenters. The Balaban J connectivity index is 1.55. The molecule has 0 aromatic heterocycles. The molecule has 4 aliphatic rings. The van der Waals surface area contributed by atoms with E-state index in [0.717, 1.165) is 25.8 Å². The number of hydrogen-bond donors (Lipinski definition) is 0. The Labute approximate surface area is 182 Å². The number of rotatable bonds is 2. The van der Waals surface area contributed by atoms with Crippen LogP contribution in [0, 0.1) is 5.92 Å². The summed E-state index contributed by atoms with van der Waals surface area (Å²) >= 11 is 1.95. The molecule has 1 saturated carbocycles. The van der Waals surface area contributed by atoms with Gasteiger partial charge in [-0.05, 0) is 40.0 Å². The lowest BCUT2D eigenvalue weighted by molar-refractivity contribution is -0.141. The largest absolute Gasteiger partial charge is 0.461 e. The van der Waals surface area contributed by atoms with Gasteiger partial charge in [0.25, 0.3) is 0 Å². The number of esters is 1. The average molecular weight is 440 g/mol. The quantitative estimate of drug-likeness (QED) is 0.604. The van der Waals surface area contributed by atoms with E-state index in [1.54, 1.807) is 11.9 Å². The molecule has 4 rings (SSSR count). The zero-order valence-corrected chi connectivity index (χ0v) is 19.0. The van der Waals surface area contributed by atoms with Crippen molar-refractivity contribution >= 4 is 29.4 Å². The van der Waals surface area contributed by atoms with Crippen LogP contribution in [0.3, 0.4) is 0 Å². The summed E-state index contributed by atoms with van der Waals surface area (Å²) < 4.78 is 16.9. The van der Waals surface area contributed by atoms with Gasteiger partial charge in [-0.15, -0.1) is 11.8 Å². The molecule has 0 N–H and O–H groups in total. The Morgan fingerprint density at radius 1 is 1.23 bits per heavy atom. The first-order valence-electron chi connectivity index (χ1n) is 11.0. The number of thioether (sulfide) groups is 1. The van der Waals surface area contributed by atoms with Crippen molar-refractivity contribution in [2.45, 2.75) is 55.6 Å². The van der Waals surface area contributed by atoms with E-state index in [9.17, 15) is 9.59 Å². The molecule has 2 unspecified atom stereocenters. The number of amides is 1. The van der Waals surface area contributed by atoms with E-state index in [1.807, 2.05) is 16.7 Å². The smallest absolute Gasteiger partial charge is 0.354 e. The minimum Gasteiger partial charge on any atom is -0.461 e. The SMILES string of the molecule is CCOC(=O)C1=NN2CCOCCOCC(C)(C)SC3(CC3)CN3CCC1C2C3=O. The molecule has 1 aliphatic carbocycles. The minimum atomic E-state index is -0.433. The second-order valence-electron chi connectivity index (χ2n) is 9.18. The number of hydrazone groups is 1. The van der Waals surface area contributed by atoms with Gasteiger partial charge in [-0.3, -0.25) is 9.80 Å². The highest BCUT2D eigenvalue weighted by atomic mass is 32.2. The Kier molecular flexibility index (Phi) is 6.33. The van der Waals surface area contributed by atoms with Gasteiger partial charge in [0.15, 0.2) is 5.71 Å². The normalized spacial score (nSPS) is 31.0. The molecule has 2 bridgehead atoms. The summed E-state index contributed by atoms with van der Waals surface area (Å²) in [5.74, 6) is -0.535. The first-order valence-corrected chi connectivity index (χ1v) is 11.8. The summed E-state index contributed by atoms with van der Waals surface area (Å²) in [6.45, 7) is 10.5. The summed E-state index contributed by atoms with van der Waals surface area (Å²) in [5.41, 5.74) is 0.385. The number of fused-ring (bicyclic) bond motifs is 1. The molecule has 1 amide bonds. The van der Waals surface area contributed by atoms with Crippen LogP contribution in [0.4, 0.5) is 0 Å². The summed E-state index contributed by atoms with van der Waals surface area (Å²) in [5, 5.41) is 6.29. The molecule has 168 valence electrons. The van der Waals surface area contributed by atoms with Crippen molar-refractivity contribution in [2.24, 2.45) is 11.0 Å². The van der Waals surface area contributed by atoms with Crippen LogP contribution in [0.5, 0.6) is 0 Å². The molecule has 8 nitrogen and oxygen atoms in total. The van der Waals surface area contributed by atoms with Crippen molar-refractivity contribution in [2.75, 3.05) is 52.7 Å². The van der Waals surface area contributed by atoms with Crippen LogP contribution in [-0.4, -0.2) is 95.7 Å². The van der Waals surface area contributed by atoms with Gasteiger partial charge in [0.2, 0.25) is 5.91 Å². The van der Waals surface area contributed by atoms with Crippen LogP contribution in [0.2, 0.25) is 0 Å².